The van der Waals surface area contributed by atoms with E-state index in [0.29, 0.717) is 24.3 Å². The van der Waals surface area contributed by atoms with Crippen LogP contribution in [0.3, 0.4) is 0 Å². The van der Waals surface area contributed by atoms with Crippen LogP contribution in [-0.4, -0.2) is 63.9 Å². The van der Waals surface area contributed by atoms with Gasteiger partial charge in [0.1, 0.15) is 0 Å². The van der Waals surface area contributed by atoms with Crippen LogP contribution in [0.25, 0.3) is 0 Å². The first kappa shape index (κ1) is 25.9. The second-order valence-electron chi connectivity index (χ2n) is 7.67. The van der Waals surface area contributed by atoms with E-state index in [1.54, 1.807) is 24.2 Å². The van der Waals surface area contributed by atoms with Crippen molar-refractivity contribution >= 4 is 47.4 Å². The zero-order valence-corrected chi connectivity index (χ0v) is 20.4. The lowest BCUT2D eigenvalue weighted by molar-refractivity contribution is -0.121. The van der Waals surface area contributed by atoms with Crippen molar-refractivity contribution in [3.8, 4) is 0 Å². The summed E-state index contributed by atoms with van der Waals surface area (Å²) in [5.41, 5.74) is 9.08. The van der Waals surface area contributed by atoms with Gasteiger partial charge in [-0.15, -0.1) is 0 Å². The number of carbonyl (C=O) groups is 2. The third kappa shape index (κ3) is 10.2. The summed E-state index contributed by atoms with van der Waals surface area (Å²) in [5, 5.41) is 7.97. The first-order valence-electron chi connectivity index (χ1n) is 10.6. The Morgan fingerprint density at radius 1 is 0.727 bits per heavy atom. The molecule has 0 radical (unpaired) electrons. The second kappa shape index (κ2) is 13.9. The number of thioether (sulfide) groups is 1. The first-order valence-corrected chi connectivity index (χ1v) is 11.8. The summed E-state index contributed by atoms with van der Waals surface area (Å²) in [4.78, 5) is 27.8. The monoisotopic (exact) mass is 468 g/mol. The van der Waals surface area contributed by atoms with E-state index < -0.39 is 0 Å². The summed E-state index contributed by atoms with van der Waals surface area (Å²) in [5.74, 6) is 0.928. The van der Waals surface area contributed by atoms with Crippen LogP contribution in [0, 0.1) is 0 Å². The summed E-state index contributed by atoms with van der Waals surface area (Å²) < 4.78 is 0. The predicted molar refractivity (Wildman–Crippen MR) is 140 cm³/mol. The molecule has 0 spiro atoms. The van der Waals surface area contributed by atoms with Crippen molar-refractivity contribution in [3.63, 3.8) is 0 Å². The third-order valence-corrected chi connectivity index (χ3v) is 5.56. The van der Waals surface area contributed by atoms with Gasteiger partial charge in [0.25, 0.3) is 0 Å². The number of benzene rings is 2. The lowest BCUT2D eigenvalue weighted by Crippen LogP contribution is -2.19. The van der Waals surface area contributed by atoms with E-state index in [9.17, 15) is 9.59 Å². The van der Waals surface area contributed by atoms with Gasteiger partial charge in [0, 0.05) is 63.9 Å². The van der Waals surface area contributed by atoms with Crippen LogP contribution in [0.4, 0.5) is 11.4 Å². The van der Waals surface area contributed by atoms with Gasteiger partial charge < -0.3 is 9.80 Å². The van der Waals surface area contributed by atoms with E-state index in [-0.39, 0.29) is 11.8 Å². The standard InChI is InChI=1S/C24H32N6O2S/c1-29(2)21-9-5-19(6-10-21)17-25-27-23(31)13-15-33-16-14-24(32)28-26-18-20-7-11-22(12-8-20)30(3)4/h5-12,17-18H,13-16H2,1-4H3,(H,27,31)(H,28,32)/b25-17+,26-18+. The fourth-order valence-corrected chi connectivity index (χ4v) is 3.48. The molecular formula is C24H32N6O2S. The Labute approximate surface area is 200 Å². The molecule has 8 nitrogen and oxygen atoms in total. The highest BCUT2D eigenvalue weighted by atomic mass is 32.2. The molecule has 9 heteroatoms. The van der Waals surface area contributed by atoms with Crippen LogP contribution < -0.4 is 20.7 Å². The Morgan fingerprint density at radius 2 is 1.09 bits per heavy atom. The van der Waals surface area contributed by atoms with E-state index in [1.165, 1.54) is 0 Å². The van der Waals surface area contributed by atoms with Crippen molar-refractivity contribution in [2.45, 2.75) is 12.8 Å². The molecule has 2 aromatic carbocycles. The van der Waals surface area contributed by atoms with Gasteiger partial charge in [-0.25, -0.2) is 10.9 Å². The topological polar surface area (TPSA) is 89.4 Å². The predicted octanol–water partition coefficient (Wildman–Crippen LogP) is 2.93. The van der Waals surface area contributed by atoms with Crippen molar-refractivity contribution in [2.75, 3.05) is 49.5 Å². The van der Waals surface area contributed by atoms with Gasteiger partial charge in [-0.3, -0.25) is 9.59 Å². The maximum Gasteiger partial charge on any atom is 0.240 e. The molecular weight excluding hydrogens is 436 g/mol. The normalized spacial score (nSPS) is 11.0. The van der Waals surface area contributed by atoms with Gasteiger partial charge in [-0.2, -0.15) is 22.0 Å². The van der Waals surface area contributed by atoms with Crippen molar-refractivity contribution in [2.24, 2.45) is 10.2 Å². The molecule has 176 valence electrons. The minimum atomic E-state index is -0.155. The van der Waals surface area contributed by atoms with Gasteiger partial charge in [-0.05, 0) is 35.4 Å². The molecule has 0 bridgehead atoms. The van der Waals surface area contributed by atoms with Crippen LogP contribution in [0.1, 0.15) is 24.0 Å². The maximum atomic E-state index is 11.9. The fourth-order valence-electron chi connectivity index (χ4n) is 2.62. The smallest absolute Gasteiger partial charge is 0.240 e. The number of hydrogen-bond donors (Lipinski definition) is 2. The summed E-state index contributed by atoms with van der Waals surface area (Å²) in [6.45, 7) is 0. The lowest BCUT2D eigenvalue weighted by atomic mass is 10.2. The van der Waals surface area contributed by atoms with Crippen molar-refractivity contribution < 1.29 is 9.59 Å². The number of anilines is 2. The van der Waals surface area contributed by atoms with Crippen LogP contribution in [0.5, 0.6) is 0 Å². The molecule has 0 saturated carbocycles. The van der Waals surface area contributed by atoms with E-state index in [0.717, 1.165) is 22.5 Å². The highest BCUT2D eigenvalue weighted by Crippen LogP contribution is 2.12. The Balaban J connectivity index is 1.56. The fraction of sp³-hybridized carbons (Fsp3) is 0.333. The average molecular weight is 469 g/mol. The molecule has 0 atom stereocenters. The first-order chi connectivity index (χ1) is 15.8. The Morgan fingerprint density at radius 3 is 1.42 bits per heavy atom. The minimum Gasteiger partial charge on any atom is -0.378 e. The van der Waals surface area contributed by atoms with Gasteiger partial charge >= 0.3 is 0 Å². The van der Waals surface area contributed by atoms with Crippen LogP contribution in [0.15, 0.2) is 58.7 Å². The summed E-state index contributed by atoms with van der Waals surface area (Å²) >= 11 is 1.54. The molecule has 0 aliphatic carbocycles. The highest BCUT2D eigenvalue weighted by molar-refractivity contribution is 7.99. The number of carbonyl (C=O) groups excluding carboxylic acids is 2. The van der Waals surface area contributed by atoms with Crippen LogP contribution >= 0.6 is 11.8 Å². The minimum absolute atomic E-state index is 0.155. The van der Waals surface area contributed by atoms with Crippen molar-refractivity contribution in [1.29, 1.82) is 0 Å². The molecule has 0 aliphatic rings. The van der Waals surface area contributed by atoms with Gasteiger partial charge in [0.15, 0.2) is 0 Å². The Kier molecular flexibility index (Phi) is 11.0. The molecule has 0 aliphatic heterocycles. The molecule has 2 N–H and O–H groups in total. The van der Waals surface area contributed by atoms with E-state index in [1.807, 2.05) is 86.5 Å². The van der Waals surface area contributed by atoms with E-state index in [2.05, 4.69) is 21.1 Å². The van der Waals surface area contributed by atoms with Crippen molar-refractivity contribution in [3.05, 3.63) is 59.7 Å². The van der Waals surface area contributed by atoms with Crippen LogP contribution in [-0.2, 0) is 9.59 Å². The Bertz CT molecular complexity index is 863. The number of rotatable bonds is 12. The number of nitrogens with one attached hydrogen (secondary N) is 2. The number of hydrogen-bond acceptors (Lipinski definition) is 7. The van der Waals surface area contributed by atoms with Gasteiger partial charge in [-0.1, -0.05) is 24.3 Å². The zero-order chi connectivity index (χ0) is 24.1. The van der Waals surface area contributed by atoms with Crippen LogP contribution in [0.2, 0.25) is 0 Å². The van der Waals surface area contributed by atoms with E-state index in [4.69, 9.17) is 0 Å². The number of amides is 2. The molecule has 2 rings (SSSR count). The largest absolute Gasteiger partial charge is 0.378 e. The molecule has 0 aromatic heterocycles. The lowest BCUT2D eigenvalue weighted by Gasteiger charge is -2.11. The van der Waals surface area contributed by atoms with Crippen molar-refractivity contribution in [1.82, 2.24) is 10.9 Å². The molecule has 0 unspecified atom stereocenters. The molecule has 0 saturated heterocycles. The SMILES string of the molecule is CN(C)c1ccc(/C=N/NC(=O)CCSCCC(=O)N/N=C/c2ccc(N(C)C)cc2)cc1. The van der Waals surface area contributed by atoms with Gasteiger partial charge in [0.2, 0.25) is 11.8 Å². The highest BCUT2D eigenvalue weighted by Gasteiger charge is 2.03. The third-order valence-electron chi connectivity index (χ3n) is 4.57. The summed E-state index contributed by atoms with van der Waals surface area (Å²) in [7, 11) is 7.92. The average Bonchev–Trinajstić information content (AvgIpc) is 2.79. The quantitative estimate of drug-likeness (QED) is 0.284. The summed E-state index contributed by atoms with van der Waals surface area (Å²) in [6.07, 6.45) is 3.91. The molecule has 33 heavy (non-hydrogen) atoms. The van der Waals surface area contributed by atoms with E-state index >= 15 is 0 Å². The molecule has 0 fully saturated rings. The van der Waals surface area contributed by atoms with Gasteiger partial charge in [0.05, 0.1) is 12.4 Å². The Hall–Kier alpha value is -3.33. The molecule has 0 heterocycles. The number of hydrazone groups is 2. The molecule has 2 amide bonds. The summed E-state index contributed by atoms with van der Waals surface area (Å²) in [6, 6.07) is 15.7. The number of nitrogens with zero attached hydrogens (tertiary/aromatic N) is 4. The maximum absolute atomic E-state index is 11.9. The zero-order valence-electron chi connectivity index (χ0n) is 19.6. The molecule has 2 aromatic rings. The second-order valence-corrected chi connectivity index (χ2v) is 8.90.